The van der Waals surface area contributed by atoms with Crippen LogP contribution in [0.5, 0.6) is 0 Å². The SMILES string of the molecule is CCC1CCCC(NC(=O)N[C@@H](CC(=O)OC)C(=O)O)C1. The molecule has 7 heteroatoms. The van der Waals surface area contributed by atoms with E-state index in [1.165, 1.54) is 13.5 Å². The first-order valence-corrected chi connectivity index (χ1v) is 7.32. The highest BCUT2D eigenvalue weighted by Crippen LogP contribution is 2.26. The Morgan fingerprint density at radius 1 is 1.33 bits per heavy atom. The molecule has 3 atom stereocenters. The molecule has 0 saturated heterocycles. The number of hydrogen-bond donors (Lipinski definition) is 3. The summed E-state index contributed by atoms with van der Waals surface area (Å²) in [5.41, 5.74) is 0. The summed E-state index contributed by atoms with van der Waals surface area (Å²) < 4.78 is 4.42. The number of carboxylic acids is 1. The van der Waals surface area contributed by atoms with Crippen LogP contribution in [0, 0.1) is 5.92 Å². The number of carboxylic acid groups (broad SMARTS) is 1. The van der Waals surface area contributed by atoms with Gasteiger partial charge in [0.25, 0.3) is 0 Å². The normalized spacial score (nSPS) is 23.0. The number of carbonyl (C=O) groups excluding carboxylic acids is 2. The molecule has 2 amide bonds. The molecule has 0 aromatic rings. The molecule has 21 heavy (non-hydrogen) atoms. The van der Waals surface area contributed by atoms with E-state index < -0.39 is 24.0 Å². The number of nitrogens with one attached hydrogen (secondary N) is 2. The molecule has 2 unspecified atom stereocenters. The first-order chi connectivity index (χ1) is 9.96. The van der Waals surface area contributed by atoms with Crippen molar-refractivity contribution in [2.75, 3.05) is 7.11 Å². The minimum atomic E-state index is -1.27. The van der Waals surface area contributed by atoms with Crippen LogP contribution in [0.15, 0.2) is 0 Å². The van der Waals surface area contributed by atoms with Gasteiger partial charge in [0.15, 0.2) is 0 Å². The zero-order valence-electron chi connectivity index (χ0n) is 12.6. The van der Waals surface area contributed by atoms with Crippen LogP contribution in [0.3, 0.4) is 0 Å². The molecular formula is C14H24N2O5. The molecule has 7 nitrogen and oxygen atoms in total. The third-order valence-electron chi connectivity index (χ3n) is 3.90. The van der Waals surface area contributed by atoms with Crippen molar-refractivity contribution < 1.29 is 24.2 Å². The zero-order valence-corrected chi connectivity index (χ0v) is 12.6. The highest BCUT2D eigenvalue weighted by atomic mass is 16.5. The van der Waals surface area contributed by atoms with E-state index in [2.05, 4.69) is 22.3 Å². The average Bonchev–Trinajstić information content (AvgIpc) is 2.46. The van der Waals surface area contributed by atoms with E-state index in [-0.39, 0.29) is 12.5 Å². The standard InChI is InChI=1S/C14H24N2O5/c1-3-9-5-4-6-10(7-9)15-14(20)16-11(13(18)19)8-12(17)21-2/h9-11H,3-8H2,1-2H3,(H,18,19)(H2,15,16,20)/t9?,10?,11-/m0/s1. The van der Waals surface area contributed by atoms with Crippen LogP contribution in [-0.4, -0.2) is 42.3 Å². The van der Waals surface area contributed by atoms with Crippen LogP contribution in [0.25, 0.3) is 0 Å². The second-order valence-corrected chi connectivity index (χ2v) is 5.43. The Hall–Kier alpha value is -1.79. The fourth-order valence-electron chi connectivity index (χ4n) is 2.63. The Morgan fingerprint density at radius 2 is 2.05 bits per heavy atom. The smallest absolute Gasteiger partial charge is 0.326 e. The van der Waals surface area contributed by atoms with Gasteiger partial charge in [0.2, 0.25) is 0 Å². The van der Waals surface area contributed by atoms with Crippen LogP contribution in [0.2, 0.25) is 0 Å². The number of urea groups is 1. The maximum atomic E-state index is 11.9. The Labute approximate surface area is 124 Å². The van der Waals surface area contributed by atoms with Crippen LogP contribution in [0.4, 0.5) is 4.79 Å². The van der Waals surface area contributed by atoms with Gasteiger partial charge < -0.3 is 20.5 Å². The van der Waals surface area contributed by atoms with Crippen molar-refractivity contribution in [1.29, 1.82) is 0 Å². The molecule has 1 aliphatic rings. The summed E-state index contributed by atoms with van der Waals surface area (Å²) in [7, 11) is 1.17. The fourth-order valence-corrected chi connectivity index (χ4v) is 2.63. The van der Waals surface area contributed by atoms with Gasteiger partial charge in [-0.05, 0) is 18.8 Å². The second kappa shape index (κ2) is 8.49. The molecule has 0 aromatic carbocycles. The van der Waals surface area contributed by atoms with E-state index in [1.807, 2.05) is 0 Å². The summed E-state index contributed by atoms with van der Waals surface area (Å²) in [6.07, 6.45) is 4.75. The lowest BCUT2D eigenvalue weighted by Gasteiger charge is -2.29. The van der Waals surface area contributed by atoms with Crippen molar-refractivity contribution in [3.8, 4) is 0 Å². The largest absolute Gasteiger partial charge is 0.480 e. The van der Waals surface area contributed by atoms with E-state index >= 15 is 0 Å². The van der Waals surface area contributed by atoms with E-state index in [9.17, 15) is 14.4 Å². The third kappa shape index (κ3) is 6.01. The van der Waals surface area contributed by atoms with Crippen molar-refractivity contribution in [3.63, 3.8) is 0 Å². The number of hydrogen-bond acceptors (Lipinski definition) is 4. The maximum absolute atomic E-state index is 11.9. The van der Waals surface area contributed by atoms with Gasteiger partial charge >= 0.3 is 18.0 Å². The lowest BCUT2D eigenvalue weighted by Crippen LogP contribution is -2.50. The summed E-state index contributed by atoms with van der Waals surface area (Å²) in [4.78, 5) is 34.0. The zero-order chi connectivity index (χ0) is 15.8. The quantitative estimate of drug-likeness (QED) is 0.641. The van der Waals surface area contributed by atoms with Crippen LogP contribution in [-0.2, 0) is 14.3 Å². The predicted octanol–water partition coefficient (Wildman–Crippen LogP) is 1.27. The van der Waals surface area contributed by atoms with E-state index in [1.54, 1.807) is 0 Å². The molecular weight excluding hydrogens is 276 g/mol. The highest BCUT2D eigenvalue weighted by Gasteiger charge is 2.26. The summed E-state index contributed by atoms with van der Waals surface area (Å²) in [6, 6.07) is -1.76. The minimum Gasteiger partial charge on any atom is -0.480 e. The summed E-state index contributed by atoms with van der Waals surface area (Å²) in [5, 5.41) is 14.1. The Morgan fingerprint density at radius 3 is 2.62 bits per heavy atom. The molecule has 0 aliphatic heterocycles. The number of esters is 1. The number of ether oxygens (including phenoxy) is 1. The van der Waals surface area contributed by atoms with Gasteiger partial charge in [-0.25, -0.2) is 9.59 Å². The van der Waals surface area contributed by atoms with Gasteiger partial charge in [-0.2, -0.15) is 0 Å². The lowest BCUT2D eigenvalue weighted by molar-refractivity contribution is -0.147. The summed E-state index contributed by atoms with van der Waals surface area (Å²) >= 11 is 0. The van der Waals surface area contributed by atoms with Gasteiger partial charge in [-0.3, -0.25) is 4.79 Å². The molecule has 1 aliphatic carbocycles. The first-order valence-electron chi connectivity index (χ1n) is 7.32. The lowest BCUT2D eigenvalue weighted by atomic mass is 9.84. The molecule has 0 bridgehead atoms. The molecule has 120 valence electrons. The first kappa shape index (κ1) is 17.3. The van der Waals surface area contributed by atoms with Gasteiger partial charge in [-0.1, -0.05) is 26.2 Å². The second-order valence-electron chi connectivity index (χ2n) is 5.43. The van der Waals surface area contributed by atoms with Crippen LogP contribution >= 0.6 is 0 Å². The molecule has 0 aromatic heterocycles. The average molecular weight is 300 g/mol. The fraction of sp³-hybridized carbons (Fsp3) is 0.786. The van der Waals surface area contributed by atoms with E-state index in [0.717, 1.165) is 25.7 Å². The van der Waals surface area contributed by atoms with Crippen molar-refractivity contribution in [3.05, 3.63) is 0 Å². The topological polar surface area (TPSA) is 105 Å². The summed E-state index contributed by atoms with van der Waals surface area (Å²) in [6.45, 7) is 2.13. The number of amides is 2. The minimum absolute atomic E-state index is 0.0660. The molecule has 0 radical (unpaired) electrons. The van der Waals surface area contributed by atoms with E-state index in [0.29, 0.717) is 5.92 Å². The molecule has 0 heterocycles. The number of aliphatic carboxylic acids is 1. The summed E-state index contributed by atoms with van der Waals surface area (Å²) in [5.74, 6) is -1.33. The van der Waals surface area contributed by atoms with Crippen molar-refractivity contribution in [2.24, 2.45) is 5.92 Å². The Bertz CT molecular complexity index is 386. The van der Waals surface area contributed by atoms with E-state index in [4.69, 9.17) is 5.11 Å². The van der Waals surface area contributed by atoms with Crippen LogP contribution in [0.1, 0.15) is 45.4 Å². The monoisotopic (exact) mass is 300 g/mol. The van der Waals surface area contributed by atoms with Crippen molar-refractivity contribution in [2.45, 2.75) is 57.5 Å². The third-order valence-corrected chi connectivity index (χ3v) is 3.90. The molecule has 1 saturated carbocycles. The van der Waals surface area contributed by atoms with Crippen molar-refractivity contribution in [1.82, 2.24) is 10.6 Å². The number of rotatable bonds is 6. The van der Waals surface area contributed by atoms with Gasteiger partial charge in [-0.15, -0.1) is 0 Å². The highest BCUT2D eigenvalue weighted by molar-refractivity contribution is 5.86. The van der Waals surface area contributed by atoms with Crippen LogP contribution < -0.4 is 10.6 Å². The molecule has 0 spiro atoms. The Kier molecular flexibility index (Phi) is 6.98. The molecule has 1 rings (SSSR count). The number of carbonyl (C=O) groups is 3. The molecule has 3 N–H and O–H groups in total. The molecule has 1 fully saturated rings. The maximum Gasteiger partial charge on any atom is 0.326 e. The van der Waals surface area contributed by atoms with Crippen molar-refractivity contribution >= 4 is 18.0 Å². The van der Waals surface area contributed by atoms with Gasteiger partial charge in [0.05, 0.1) is 13.5 Å². The van der Waals surface area contributed by atoms with Gasteiger partial charge in [0, 0.05) is 6.04 Å². The van der Waals surface area contributed by atoms with Gasteiger partial charge in [0.1, 0.15) is 6.04 Å². The Balaban J connectivity index is 2.46. The number of methoxy groups -OCH3 is 1. The predicted molar refractivity (Wildman–Crippen MR) is 75.8 cm³/mol.